The molecule has 0 amide bonds. The van der Waals surface area contributed by atoms with Crippen molar-refractivity contribution in [2.45, 2.75) is 31.2 Å². The third-order valence-corrected chi connectivity index (χ3v) is 6.99. The van der Waals surface area contributed by atoms with Crippen molar-refractivity contribution in [2.75, 3.05) is 6.61 Å². The average molecular weight is 435 g/mol. The number of aromatic nitrogens is 1. The molecule has 0 bridgehead atoms. The molecular formula is C20H22N2O5S2. The topological polar surface area (TPSA) is 94.5 Å². The Labute approximate surface area is 173 Å². The SMILES string of the molecule is CCOC(=O)C[C@@H](NS(=O)(=O)c1ccc2c(c1)sc(=O)n2C)c1ccc(C)cc1. The Balaban J connectivity index is 1.95. The van der Waals surface area contributed by atoms with Gasteiger partial charge in [-0.3, -0.25) is 9.59 Å². The van der Waals surface area contributed by atoms with Gasteiger partial charge in [0.15, 0.2) is 0 Å². The summed E-state index contributed by atoms with van der Waals surface area (Å²) in [6.45, 7) is 3.84. The van der Waals surface area contributed by atoms with Crippen LogP contribution in [0.4, 0.5) is 0 Å². The summed E-state index contributed by atoms with van der Waals surface area (Å²) in [7, 11) is -2.30. The summed E-state index contributed by atoms with van der Waals surface area (Å²) in [5, 5.41) is 0. The molecule has 0 saturated carbocycles. The Bertz CT molecular complexity index is 1190. The summed E-state index contributed by atoms with van der Waals surface area (Å²) in [6.07, 6.45) is -0.128. The van der Waals surface area contributed by atoms with Gasteiger partial charge in [-0.2, -0.15) is 0 Å². The molecule has 29 heavy (non-hydrogen) atoms. The van der Waals surface area contributed by atoms with Gasteiger partial charge in [0, 0.05) is 7.05 Å². The van der Waals surface area contributed by atoms with Crippen LogP contribution in [0.5, 0.6) is 0 Å². The second kappa shape index (κ2) is 8.48. The van der Waals surface area contributed by atoms with E-state index in [0.29, 0.717) is 15.8 Å². The lowest BCUT2D eigenvalue weighted by atomic mass is 10.0. The van der Waals surface area contributed by atoms with Crippen LogP contribution in [0.1, 0.15) is 30.5 Å². The molecule has 0 unspecified atom stereocenters. The zero-order valence-electron chi connectivity index (χ0n) is 16.3. The fraction of sp³-hybridized carbons (Fsp3) is 0.300. The lowest BCUT2D eigenvalue weighted by molar-refractivity contribution is -0.143. The zero-order chi connectivity index (χ0) is 21.2. The maximum atomic E-state index is 13.0. The predicted octanol–water partition coefficient (Wildman–Crippen LogP) is 2.88. The Hall–Kier alpha value is -2.49. The molecule has 7 nitrogen and oxygen atoms in total. The molecule has 2 aromatic carbocycles. The molecule has 0 fully saturated rings. The molecule has 1 aromatic heterocycles. The van der Waals surface area contributed by atoms with Crippen molar-refractivity contribution in [3.63, 3.8) is 0 Å². The number of benzene rings is 2. The highest BCUT2D eigenvalue weighted by molar-refractivity contribution is 7.89. The minimum absolute atomic E-state index is 0.0350. The number of nitrogens with zero attached hydrogens (tertiary/aromatic N) is 1. The second-order valence-corrected chi connectivity index (χ2v) is 9.36. The summed E-state index contributed by atoms with van der Waals surface area (Å²) in [6, 6.07) is 11.0. The quantitative estimate of drug-likeness (QED) is 0.577. The normalized spacial score (nSPS) is 12.8. The highest BCUT2D eigenvalue weighted by Crippen LogP contribution is 2.25. The van der Waals surface area contributed by atoms with E-state index >= 15 is 0 Å². The Morgan fingerprint density at radius 2 is 1.90 bits per heavy atom. The van der Waals surface area contributed by atoms with E-state index in [1.807, 2.05) is 19.1 Å². The highest BCUT2D eigenvalue weighted by atomic mass is 32.2. The lowest BCUT2D eigenvalue weighted by Gasteiger charge is -2.19. The lowest BCUT2D eigenvalue weighted by Crippen LogP contribution is -2.30. The molecular weight excluding hydrogens is 412 g/mol. The summed E-state index contributed by atoms with van der Waals surface area (Å²) >= 11 is 0.984. The van der Waals surface area contributed by atoms with Crippen LogP contribution in [-0.4, -0.2) is 25.6 Å². The zero-order valence-corrected chi connectivity index (χ0v) is 18.0. The van der Waals surface area contributed by atoms with Crippen molar-refractivity contribution >= 4 is 37.5 Å². The van der Waals surface area contributed by atoms with Crippen molar-refractivity contribution in [1.29, 1.82) is 0 Å². The van der Waals surface area contributed by atoms with Crippen LogP contribution in [-0.2, 0) is 26.6 Å². The largest absolute Gasteiger partial charge is 0.466 e. The van der Waals surface area contributed by atoms with Gasteiger partial charge >= 0.3 is 10.8 Å². The van der Waals surface area contributed by atoms with E-state index in [-0.39, 0.29) is 22.8 Å². The van der Waals surface area contributed by atoms with Gasteiger partial charge in [-0.05, 0) is 37.6 Å². The molecule has 0 aliphatic rings. The molecule has 3 rings (SSSR count). The van der Waals surface area contributed by atoms with E-state index in [1.165, 1.54) is 16.7 Å². The third-order valence-electron chi connectivity index (χ3n) is 4.53. The van der Waals surface area contributed by atoms with Gasteiger partial charge in [-0.15, -0.1) is 0 Å². The number of sulfonamides is 1. The van der Waals surface area contributed by atoms with Gasteiger partial charge in [-0.1, -0.05) is 41.2 Å². The number of ether oxygens (including phenoxy) is 1. The number of rotatable bonds is 7. The molecule has 3 aromatic rings. The van der Waals surface area contributed by atoms with E-state index in [2.05, 4.69) is 4.72 Å². The second-order valence-electron chi connectivity index (χ2n) is 6.65. The van der Waals surface area contributed by atoms with E-state index in [0.717, 1.165) is 16.9 Å². The third kappa shape index (κ3) is 4.75. The first-order valence-corrected chi connectivity index (χ1v) is 11.4. The number of nitrogens with one attached hydrogen (secondary N) is 1. The summed E-state index contributed by atoms with van der Waals surface area (Å²) in [4.78, 5) is 23.7. The first kappa shape index (κ1) is 21.2. The summed E-state index contributed by atoms with van der Waals surface area (Å²) < 4.78 is 35.7. The van der Waals surface area contributed by atoms with Crippen LogP contribution in [0, 0.1) is 6.92 Å². The molecule has 0 radical (unpaired) electrons. The maximum Gasteiger partial charge on any atom is 0.307 e. The van der Waals surface area contributed by atoms with Gasteiger partial charge in [0.25, 0.3) is 0 Å². The smallest absolute Gasteiger partial charge is 0.307 e. The Kier molecular flexibility index (Phi) is 6.21. The minimum atomic E-state index is -3.94. The number of aryl methyl sites for hydroxylation is 2. The number of hydrogen-bond donors (Lipinski definition) is 1. The molecule has 1 atom stereocenters. The number of esters is 1. The standard InChI is InChI=1S/C20H22N2O5S2/c1-4-27-19(23)12-16(14-7-5-13(2)6-8-14)21-29(25,26)15-9-10-17-18(11-15)28-20(24)22(17)3/h5-11,16,21H,4,12H2,1-3H3/t16-/m1/s1. The molecule has 1 N–H and O–H groups in total. The first-order valence-electron chi connectivity index (χ1n) is 9.05. The van der Waals surface area contributed by atoms with Crippen molar-refractivity contribution < 1.29 is 17.9 Å². The van der Waals surface area contributed by atoms with Crippen molar-refractivity contribution in [2.24, 2.45) is 7.05 Å². The Morgan fingerprint density at radius 3 is 2.55 bits per heavy atom. The van der Waals surface area contributed by atoms with Crippen LogP contribution in [0.15, 0.2) is 52.2 Å². The molecule has 1 heterocycles. The fourth-order valence-electron chi connectivity index (χ4n) is 2.95. The molecule has 0 aliphatic carbocycles. The van der Waals surface area contributed by atoms with Crippen molar-refractivity contribution in [3.8, 4) is 0 Å². The van der Waals surface area contributed by atoms with Crippen LogP contribution in [0.2, 0.25) is 0 Å². The number of fused-ring (bicyclic) bond motifs is 1. The number of hydrogen-bond acceptors (Lipinski definition) is 6. The van der Waals surface area contributed by atoms with Crippen molar-refractivity contribution in [3.05, 3.63) is 63.3 Å². The van der Waals surface area contributed by atoms with E-state index < -0.39 is 22.0 Å². The number of carbonyl (C=O) groups excluding carboxylic acids is 1. The van der Waals surface area contributed by atoms with Crippen LogP contribution in [0.3, 0.4) is 0 Å². The molecule has 0 aliphatic heterocycles. The van der Waals surface area contributed by atoms with Gasteiger partial charge in [0.1, 0.15) is 0 Å². The number of thiazole rings is 1. The van der Waals surface area contributed by atoms with E-state index in [4.69, 9.17) is 4.74 Å². The maximum absolute atomic E-state index is 13.0. The molecule has 154 valence electrons. The van der Waals surface area contributed by atoms with Gasteiger partial charge in [-0.25, -0.2) is 13.1 Å². The number of carbonyl (C=O) groups is 1. The predicted molar refractivity (Wildman–Crippen MR) is 113 cm³/mol. The summed E-state index contributed by atoms with van der Waals surface area (Å²) in [5.41, 5.74) is 2.36. The molecule has 0 saturated heterocycles. The van der Waals surface area contributed by atoms with E-state index in [1.54, 1.807) is 32.2 Å². The van der Waals surface area contributed by atoms with Crippen LogP contribution in [0.25, 0.3) is 10.2 Å². The van der Waals surface area contributed by atoms with Gasteiger partial charge in [0.2, 0.25) is 10.0 Å². The molecule has 9 heteroatoms. The van der Waals surface area contributed by atoms with E-state index in [9.17, 15) is 18.0 Å². The first-order chi connectivity index (χ1) is 13.7. The van der Waals surface area contributed by atoms with Crippen LogP contribution >= 0.6 is 11.3 Å². The highest BCUT2D eigenvalue weighted by Gasteiger charge is 2.25. The molecule has 0 spiro atoms. The fourth-order valence-corrected chi connectivity index (χ4v) is 5.19. The van der Waals surface area contributed by atoms with Crippen molar-refractivity contribution in [1.82, 2.24) is 9.29 Å². The average Bonchev–Trinajstić information content (AvgIpc) is 2.95. The van der Waals surface area contributed by atoms with Gasteiger partial charge < -0.3 is 9.30 Å². The van der Waals surface area contributed by atoms with Crippen LogP contribution < -0.4 is 9.60 Å². The Morgan fingerprint density at radius 1 is 1.21 bits per heavy atom. The van der Waals surface area contributed by atoms with Gasteiger partial charge in [0.05, 0.1) is 34.2 Å². The monoisotopic (exact) mass is 434 g/mol. The summed E-state index contributed by atoms with van der Waals surface area (Å²) in [5.74, 6) is -0.488. The minimum Gasteiger partial charge on any atom is -0.466 e.